The summed E-state index contributed by atoms with van der Waals surface area (Å²) in [6.07, 6.45) is 2.49. The van der Waals surface area contributed by atoms with Gasteiger partial charge in [-0.1, -0.05) is 12.1 Å². The first kappa shape index (κ1) is 21.2. The molecule has 1 saturated heterocycles. The van der Waals surface area contributed by atoms with Crippen molar-refractivity contribution < 1.29 is 4.79 Å². The fourth-order valence-corrected chi connectivity index (χ4v) is 3.85. The summed E-state index contributed by atoms with van der Waals surface area (Å²) < 4.78 is 0. The molecule has 4 rings (SSSR count). The van der Waals surface area contributed by atoms with Crippen LogP contribution in [0.2, 0.25) is 0 Å². The van der Waals surface area contributed by atoms with Crippen LogP contribution in [-0.4, -0.2) is 60.0 Å². The van der Waals surface area contributed by atoms with Crippen molar-refractivity contribution in [3.05, 3.63) is 59.9 Å². The summed E-state index contributed by atoms with van der Waals surface area (Å²) in [7, 11) is 1.96. The Labute approximate surface area is 182 Å². The SMILES string of the molecule is CNCCN1CC[C@H](NC(=O)c2ccc3c(Nc4ccc(CN)cc4)ncnc3c2)C1. The van der Waals surface area contributed by atoms with E-state index in [1.54, 1.807) is 0 Å². The van der Waals surface area contributed by atoms with E-state index in [1.165, 1.54) is 6.33 Å². The van der Waals surface area contributed by atoms with Crippen LogP contribution in [-0.2, 0) is 6.54 Å². The molecule has 0 saturated carbocycles. The number of rotatable bonds is 8. The van der Waals surface area contributed by atoms with Gasteiger partial charge in [-0.3, -0.25) is 9.69 Å². The quantitative estimate of drug-likeness (QED) is 0.441. The maximum atomic E-state index is 12.8. The zero-order valence-electron chi connectivity index (χ0n) is 17.8. The molecule has 8 heteroatoms. The van der Waals surface area contributed by atoms with E-state index in [2.05, 4.69) is 30.8 Å². The van der Waals surface area contributed by atoms with Gasteiger partial charge in [0.15, 0.2) is 0 Å². The topological polar surface area (TPSA) is 108 Å². The second-order valence-electron chi connectivity index (χ2n) is 7.84. The third kappa shape index (κ3) is 5.16. The van der Waals surface area contributed by atoms with E-state index in [9.17, 15) is 4.79 Å². The number of amides is 1. The summed E-state index contributed by atoms with van der Waals surface area (Å²) in [5, 5.41) is 10.5. The number of nitrogens with one attached hydrogen (secondary N) is 3. The molecule has 31 heavy (non-hydrogen) atoms. The van der Waals surface area contributed by atoms with Crippen LogP contribution in [0.1, 0.15) is 22.3 Å². The maximum absolute atomic E-state index is 12.8. The summed E-state index contributed by atoms with van der Waals surface area (Å²) in [6.45, 7) is 4.37. The molecular weight excluding hydrogens is 390 g/mol. The first-order valence-corrected chi connectivity index (χ1v) is 10.6. The zero-order chi connectivity index (χ0) is 21.6. The molecule has 162 valence electrons. The molecule has 3 aromatic rings. The molecule has 0 bridgehead atoms. The summed E-state index contributed by atoms with van der Waals surface area (Å²) in [5.74, 6) is 0.640. The highest BCUT2D eigenvalue weighted by Gasteiger charge is 2.23. The lowest BCUT2D eigenvalue weighted by Gasteiger charge is -2.16. The van der Waals surface area contributed by atoms with Crippen LogP contribution >= 0.6 is 0 Å². The minimum atomic E-state index is -0.0622. The van der Waals surface area contributed by atoms with Crippen LogP contribution in [0.5, 0.6) is 0 Å². The summed E-state index contributed by atoms with van der Waals surface area (Å²) in [4.78, 5) is 23.9. The number of hydrogen-bond acceptors (Lipinski definition) is 7. The van der Waals surface area contributed by atoms with Crippen molar-refractivity contribution in [1.82, 2.24) is 25.5 Å². The number of anilines is 2. The molecule has 0 unspecified atom stereocenters. The van der Waals surface area contributed by atoms with Gasteiger partial charge in [-0.05, 0) is 49.4 Å². The lowest BCUT2D eigenvalue weighted by molar-refractivity contribution is 0.0938. The van der Waals surface area contributed by atoms with Crippen molar-refractivity contribution in [3.63, 3.8) is 0 Å². The van der Waals surface area contributed by atoms with Crippen LogP contribution in [0.25, 0.3) is 10.9 Å². The Balaban J connectivity index is 1.45. The van der Waals surface area contributed by atoms with Crippen molar-refractivity contribution in [1.29, 1.82) is 0 Å². The van der Waals surface area contributed by atoms with Gasteiger partial charge in [0.05, 0.1) is 5.52 Å². The monoisotopic (exact) mass is 419 g/mol. The van der Waals surface area contributed by atoms with Crippen molar-refractivity contribution in [2.45, 2.75) is 19.0 Å². The number of benzene rings is 2. The predicted molar refractivity (Wildman–Crippen MR) is 123 cm³/mol. The molecule has 1 aromatic heterocycles. The Morgan fingerprint density at radius 1 is 1.19 bits per heavy atom. The van der Waals surface area contributed by atoms with Crippen molar-refractivity contribution >= 4 is 28.3 Å². The molecule has 8 nitrogen and oxygen atoms in total. The van der Waals surface area contributed by atoms with E-state index >= 15 is 0 Å². The molecule has 0 radical (unpaired) electrons. The number of likely N-dealkylation sites (tertiary alicyclic amines) is 1. The normalized spacial score (nSPS) is 16.5. The van der Waals surface area contributed by atoms with Gasteiger partial charge in [0.2, 0.25) is 0 Å². The second kappa shape index (κ2) is 9.82. The minimum Gasteiger partial charge on any atom is -0.348 e. The number of nitrogens with two attached hydrogens (primary N) is 1. The average Bonchev–Trinajstić information content (AvgIpc) is 3.25. The van der Waals surface area contributed by atoms with E-state index in [1.807, 2.05) is 49.5 Å². The summed E-state index contributed by atoms with van der Waals surface area (Å²) >= 11 is 0. The standard InChI is InChI=1S/C23H29N7O/c1-25-9-11-30-10-8-19(14-30)29-23(31)17-4-7-20-21(12-17)26-15-27-22(20)28-18-5-2-16(13-24)3-6-18/h2-7,12,15,19,25H,8-11,13-14,24H2,1H3,(H,29,31)(H,26,27,28)/t19-/m0/s1. The minimum absolute atomic E-state index is 0.0622. The van der Waals surface area contributed by atoms with Gasteiger partial charge in [0.25, 0.3) is 5.91 Å². The Bertz CT molecular complexity index is 1040. The smallest absolute Gasteiger partial charge is 0.251 e. The zero-order valence-corrected chi connectivity index (χ0v) is 17.8. The largest absolute Gasteiger partial charge is 0.348 e. The van der Waals surface area contributed by atoms with Crippen molar-refractivity contribution in [2.24, 2.45) is 5.73 Å². The number of carbonyl (C=O) groups excluding carboxylic acids is 1. The van der Waals surface area contributed by atoms with Gasteiger partial charge in [-0.15, -0.1) is 0 Å². The molecule has 5 N–H and O–H groups in total. The molecule has 0 spiro atoms. The number of nitrogens with zero attached hydrogens (tertiary/aromatic N) is 3. The Morgan fingerprint density at radius 2 is 2.03 bits per heavy atom. The van der Waals surface area contributed by atoms with E-state index in [0.29, 0.717) is 17.9 Å². The van der Waals surface area contributed by atoms with Crippen LogP contribution in [0.4, 0.5) is 11.5 Å². The number of carbonyl (C=O) groups is 1. The molecule has 2 heterocycles. The van der Waals surface area contributed by atoms with Gasteiger partial charge in [-0.25, -0.2) is 9.97 Å². The fourth-order valence-electron chi connectivity index (χ4n) is 3.85. The first-order chi connectivity index (χ1) is 15.2. The Kier molecular flexibility index (Phi) is 6.71. The van der Waals surface area contributed by atoms with E-state index in [-0.39, 0.29) is 11.9 Å². The summed E-state index contributed by atoms with van der Waals surface area (Å²) in [5.41, 5.74) is 8.99. The Hall–Kier alpha value is -3.07. The van der Waals surface area contributed by atoms with Crippen molar-refractivity contribution in [3.8, 4) is 0 Å². The Morgan fingerprint density at radius 3 is 2.81 bits per heavy atom. The summed E-state index contributed by atoms with van der Waals surface area (Å²) in [6, 6.07) is 13.6. The molecule has 1 aliphatic heterocycles. The lowest BCUT2D eigenvalue weighted by Crippen LogP contribution is -2.38. The number of aromatic nitrogens is 2. The number of likely N-dealkylation sites (N-methyl/N-ethyl adjacent to an activating group) is 1. The number of hydrogen-bond donors (Lipinski definition) is 4. The maximum Gasteiger partial charge on any atom is 0.251 e. The average molecular weight is 420 g/mol. The van der Waals surface area contributed by atoms with Gasteiger partial charge in [-0.2, -0.15) is 0 Å². The van der Waals surface area contributed by atoms with Crippen LogP contribution in [0.15, 0.2) is 48.8 Å². The molecule has 1 aliphatic rings. The predicted octanol–water partition coefficient (Wildman–Crippen LogP) is 1.86. The fraction of sp³-hybridized carbons (Fsp3) is 0.348. The molecule has 1 atom stereocenters. The van der Waals surface area contributed by atoms with Gasteiger partial charge in [0.1, 0.15) is 12.1 Å². The van der Waals surface area contributed by atoms with E-state index in [0.717, 1.165) is 54.8 Å². The van der Waals surface area contributed by atoms with Crippen LogP contribution in [0.3, 0.4) is 0 Å². The highest BCUT2D eigenvalue weighted by Crippen LogP contribution is 2.24. The first-order valence-electron chi connectivity index (χ1n) is 10.6. The molecule has 2 aromatic carbocycles. The van der Waals surface area contributed by atoms with Gasteiger partial charge in [0, 0.05) is 55.4 Å². The third-order valence-electron chi connectivity index (χ3n) is 5.64. The highest BCUT2D eigenvalue weighted by molar-refractivity contribution is 6.00. The van der Waals surface area contributed by atoms with Crippen LogP contribution in [0, 0.1) is 0 Å². The lowest BCUT2D eigenvalue weighted by atomic mass is 10.1. The molecule has 1 amide bonds. The second-order valence-corrected chi connectivity index (χ2v) is 7.84. The number of fused-ring (bicyclic) bond motifs is 1. The molecule has 0 aliphatic carbocycles. The van der Waals surface area contributed by atoms with E-state index in [4.69, 9.17) is 5.73 Å². The van der Waals surface area contributed by atoms with E-state index < -0.39 is 0 Å². The van der Waals surface area contributed by atoms with Crippen LogP contribution < -0.4 is 21.7 Å². The van der Waals surface area contributed by atoms with Gasteiger partial charge >= 0.3 is 0 Å². The molecule has 1 fully saturated rings. The van der Waals surface area contributed by atoms with Gasteiger partial charge < -0.3 is 21.7 Å². The third-order valence-corrected chi connectivity index (χ3v) is 5.64. The highest BCUT2D eigenvalue weighted by atomic mass is 16.1. The molecular formula is C23H29N7O. The van der Waals surface area contributed by atoms with Crippen molar-refractivity contribution in [2.75, 3.05) is 38.5 Å².